The second kappa shape index (κ2) is 5.21. The molecule has 98 valence electrons. The van der Waals surface area contributed by atoms with Crippen LogP contribution in [-0.4, -0.2) is 33.7 Å². The number of fused-ring (bicyclic) bond motifs is 1. The average molecular weight is 261 g/mol. The van der Waals surface area contributed by atoms with Crippen LogP contribution in [0.3, 0.4) is 0 Å². The fourth-order valence-corrected chi connectivity index (χ4v) is 1.49. The molecule has 0 aliphatic rings. The van der Waals surface area contributed by atoms with Gasteiger partial charge in [-0.05, 0) is 12.1 Å². The highest BCUT2D eigenvalue weighted by Crippen LogP contribution is 2.17. The van der Waals surface area contributed by atoms with Crippen molar-refractivity contribution in [3.05, 3.63) is 36.7 Å². The topological polar surface area (TPSA) is 104 Å². The van der Waals surface area contributed by atoms with Crippen molar-refractivity contribution in [1.29, 1.82) is 0 Å². The molecule has 0 radical (unpaired) electrons. The third-order valence-electron chi connectivity index (χ3n) is 2.28. The molecule has 0 bridgehead atoms. The van der Waals surface area contributed by atoms with E-state index in [1.165, 1.54) is 18.3 Å². The number of anilines is 1. The number of aromatic amines is 1. The van der Waals surface area contributed by atoms with E-state index < -0.39 is 12.1 Å². The van der Waals surface area contributed by atoms with E-state index in [1.54, 1.807) is 6.07 Å². The molecule has 0 aromatic carbocycles. The number of hydrogen-bond donors (Lipinski definition) is 3. The van der Waals surface area contributed by atoms with E-state index >= 15 is 0 Å². The van der Waals surface area contributed by atoms with E-state index in [9.17, 15) is 9.59 Å². The number of carboxylic acids is 1. The maximum absolute atomic E-state index is 11.3. The summed E-state index contributed by atoms with van der Waals surface area (Å²) in [7, 11) is 0. The van der Waals surface area contributed by atoms with Gasteiger partial charge in [-0.2, -0.15) is 0 Å². The zero-order chi connectivity index (χ0) is 13.8. The molecule has 0 saturated heterocycles. The molecule has 0 aliphatic heterocycles. The van der Waals surface area contributed by atoms with Gasteiger partial charge in [0.1, 0.15) is 17.9 Å². The first-order chi connectivity index (χ1) is 9.10. The van der Waals surface area contributed by atoms with Crippen LogP contribution in [0.25, 0.3) is 11.0 Å². The Balaban J connectivity index is 2.19. The molecule has 0 unspecified atom stereocenters. The summed E-state index contributed by atoms with van der Waals surface area (Å²) in [5, 5.41) is 11.9. The van der Waals surface area contributed by atoms with Crippen LogP contribution >= 0.6 is 0 Å². The molecule has 1 amide bonds. The van der Waals surface area contributed by atoms with Crippen LogP contribution in [0.1, 0.15) is 10.5 Å². The van der Waals surface area contributed by atoms with Gasteiger partial charge in [0.25, 0.3) is 0 Å². The number of aromatic nitrogens is 2. The summed E-state index contributed by atoms with van der Waals surface area (Å²) in [5.41, 5.74) is 0.883. The lowest BCUT2D eigenvalue weighted by Crippen LogP contribution is -2.13. The van der Waals surface area contributed by atoms with Crippen LogP contribution < -0.4 is 5.32 Å². The maximum atomic E-state index is 11.3. The second-order valence-electron chi connectivity index (χ2n) is 3.66. The van der Waals surface area contributed by atoms with Gasteiger partial charge in [-0.1, -0.05) is 12.7 Å². The van der Waals surface area contributed by atoms with Crippen LogP contribution in [0.2, 0.25) is 0 Å². The molecule has 0 aliphatic carbocycles. The Morgan fingerprint density at radius 3 is 3.00 bits per heavy atom. The molecule has 2 aromatic rings. The van der Waals surface area contributed by atoms with Gasteiger partial charge in [0.15, 0.2) is 0 Å². The van der Waals surface area contributed by atoms with E-state index in [2.05, 4.69) is 21.9 Å². The smallest absolute Gasteiger partial charge is 0.411 e. The SMILES string of the molecule is C=CCOC(=O)Nc1cnc2[nH]c(C(=O)O)cc2c1. The van der Waals surface area contributed by atoms with Crippen molar-refractivity contribution >= 4 is 28.8 Å². The summed E-state index contributed by atoms with van der Waals surface area (Å²) in [6.45, 7) is 3.53. The van der Waals surface area contributed by atoms with E-state index in [4.69, 9.17) is 9.84 Å². The summed E-state index contributed by atoms with van der Waals surface area (Å²) in [6, 6.07) is 3.03. The monoisotopic (exact) mass is 261 g/mol. The van der Waals surface area contributed by atoms with Gasteiger partial charge in [0.2, 0.25) is 0 Å². The van der Waals surface area contributed by atoms with Gasteiger partial charge in [-0.3, -0.25) is 5.32 Å². The van der Waals surface area contributed by atoms with Crippen molar-refractivity contribution in [3.63, 3.8) is 0 Å². The first kappa shape index (κ1) is 12.6. The summed E-state index contributed by atoms with van der Waals surface area (Å²) < 4.78 is 4.75. The number of carboxylic acid groups (broad SMARTS) is 1. The Morgan fingerprint density at radius 2 is 2.32 bits per heavy atom. The van der Waals surface area contributed by atoms with Crippen molar-refractivity contribution in [3.8, 4) is 0 Å². The number of carbonyl (C=O) groups excluding carboxylic acids is 1. The zero-order valence-corrected chi connectivity index (χ0v) is 9.84. The van der Waals surface area contributed by atoms with Crippen LogP contribution in [0.15, 0.2) is 31.0 Å². The Labute approximate surface area is 107 Å². The summed E-state index contributed by atoms with van der Waals surface area (Å²) in [6.07, 6.45) is 2.22. The zero-order valence-electron chi connectivity index (χ0n) is 9.84. The van der Waals surface area contributed by atoms with Crippen molar-refractivity contribution < 1.29 is 19.4 Å². The van der Waals surface area contributed by atoms with Gasteiger partial charge in [-0.15, -0.1) is 0 Å². The fraction of sp³-hybridized carbons (Fsp3) is 0.0833. The van der Waals surface area contributed by atoms with Gasteiger partial charge < -0.3 is 14.8 Å². The van der Waals surface area contributed by atoms with Gasteiger partial charge in [0, 0.05) is 5.39 Å². The van der Waals surface area contributed by atoms with Crippen molar-refractivity contribution in [2.45, 2.75) is 0 Å². The van der Waals surface area contributed by atoms with E-state index in [0.29, 0.717) is 16.7 Å². The fourth-order valence-electron chi connectivity index (χ4n) is 1.49. The minimum atomic E-state index is -1.07. The molecule has 2 aromatic heterocycles. The Morgan fingerprint density at radius 1 is 1.53 bits per heavy atom. The molecule has 2 rings (SSSR count). The number of hydrogen-bond acceptors (Lipinski definition) is 4. The molecule has 3 N–H and O–H groups in total. The molecule has 2 heterocycles. The van der Waals surface area contributed by atoms with Gasteiger partial charge in [-0.25, -0.2) is 14.6 Å². The normalized spacial score (nSPS) is 10.1. The number of carbonyl (C=O) groups is 2. The van der Waals surface area contributed by atoms with Crippen LogP contribution in [-0.2, 0) is 4.74 Å². The van der Waals surface area contributed by atoms with E-state index in [0.717, 1.165) is 0 Å². The number of amides is 1. The van der Waals surface area contributed by atoms with Gasteiger partial charge in [0.05, 0.1) is 11.9 Å². The average Bonchev–Trinajstić information content (AvgIpc) is 2.79. The molecule has 0 spiro atoms. The summed E-state index contributed by atoms with van der Waals surface area (Å²) >= 11 is 0. The molecule has 0 saturated carbocycles. The van der Waals surface area contributed by atoms with Crippen molar-refractivity contribution in [1.82, 2.24) is 9.97 Å². The number of nitrogens with one attached hydrogen (secondary N) is 2. The molecular weight excluding hydrogens is 250 g/mol. The Kier molecular flexibility index (Phi) is 3.46. The number of ether oxygens (including phenoxy) is 1. The summed E-state index contributed by atoms with van der Waals surface area (Å²) in [5.74, 6) is -1.07. The number of aromatic carboxylic acids is 1. The minimum Gasteiger partial charge on any atom is -0.477 e. The molecular formula is C12H11N3O4. The number of H-pyrrole nitrogens is 1. The largest absolute Gasteiger partial charge is 0.477 e. The summed E-state index contributed by atoms with van der Waals surface area (Å²) in [4.78, 5) is 28.8. The number of rotatable bonds is 4. The third-order valence-corrected chi connectivity index (χ3v) is 2.28. The maximum Gasteiger partial charge on any atom is 0.411 e. The second-order valence-corrected chi connectivity index (χ2v) is 3.66. The first-order valence-corrected chi connectivity index (χ1v) is 5.37. The Hall–Kier alpha value is -2.83. The highest BCUT2D eigenvalue weighted by atomic mass is 16.5. The van der Waals surface area contributed by atoms with Crippen LogP contribution in [0.4, 0.5) is 10.5 Å². The van der Waals surface area contributed by atoms with Crippen molar-refractivity contribution in [2.24, 2.45) is 0 Å². The lowest BCUT2D eigenvalue weighted by molar-refractivity contribution is 0.0691. The van der Waals surface area contributed by atoms with E-state index in [-0.39, 0.29) is 12.3 Å². The highest BCUT2D eigenvalue weighted by Gasteiger charge is 2.09. The minimum absolute atomic E-state index is 0.0360. The molecule has 7 heteroatoms. The lowest BCUT2D eigenvalue weighted by atomic mass is 10.3. The van der Waals surface area contributed by atoms with Crippen molar-refractivity contribution in [2.75, 3.05) is 11.9 Å². The first-order valence-electron chi connectivity index (χ1n) is 5.37. The predicted octanol–water partition coefficient (Wildman–Crippen LogP) is 2.00. The molecule has 0 fully saturated rings. The van der Waals surface area contributed by atoms with Gasteiger partial charge >= 0.3 is 12.1 Å². The molecule has 19 heavy (non-hydrogen) atoms. The predicted molar refractivity (Wildman–Crippen MR) is 68.2 cm³/mol. The highest BCUT2D eigenvalue weighted by molar-refractivity contribution is 5.94. The molecule has 7 nitrogen and oxygen atoms in total. The number of pyridine rings is 1. The van der Waals surface area contributed by atoms with E-state index in [1.807, 2.05) is 0 Å². The molecule has 0 atom stereocenters. The third kappa shape index (κ3) is 2.89. The van der Waals surface area contributed by atoms with Crippen LogP contribution in [0, 0.1) is 0 Å². The lowest BCUT2D eigenvalue weighted by Gasteiger charge is -2.04. The standard InChI is InChI=1S/C12H11N3O4/c1-2-3-19-12(18)14-8-4-7-5-9(11(16)17)15-10(7)13-6-8/h2,4-6H,1,3H2,(H,13,15)(H,14,18)(H,16,17). The quantitative estimate of drug-likeness (QED) is 0.730. The van der Waals surface area contributed by atoms with Crippen LogP contribution in [0.5, 0.6) is 0 Å². The Bertz CT molecular complexity index is 647. The number of nitrogens with zero attached hydrogens (tertiary/aromatic N) is 1.